The second-order valence-electron chi connectivity index (χ2n) is 11.7. The van der Waals surface area contributed by atoms with Gasteiger partial charge in [0, 0.05) is 28.1 Å². The molecule has 4 aromatic carbocycles. The van der Waals surface area contributed by atoms with Gasteiger partial charge in [-0.2, -0.15) is 13.2 Å². The molecule has 0 aliphatic heterocycles. The lowest BCUT2D eigenvalue weighted by atomic mass is 10.1. The van der Waals surface area contributed by atoms with Crippen LogP contribution in [0.3, 0.4) is 0 Å². The number of anilines is 2. The van der Waals surface area contributed by atoms with Crippen molar-refractivity contribution < 1.29 is 27.5 Å². The molecule has 0 aliphatic rings. The molecule has 0 saturated carbocycles. The topological polar surface area (TPSA) is 125 Å². The Hall–Kier alpha value is -6.25. The van der Waals surface area contributed by atoms with E-state index in [2.05, 4.69) is 30.6 Å². The highest BCUT2D eigenvalue weighted by molar-refractivity contribution is 7.13. The van der Waals surface area contributed by atoms with Gasteiger partial charge in [0.05, 0.1) is 37.4 Å². The fourth-order valence-electron chi connectivity index (χ4n) is 5.53. The van der Waals surface area contributed by atoms with Crippen molar-refractivity contribution in [3.63, 3.8) is 0 Å². The first-order valence-corrected chi connectivity index (χ1v) is 17.5. The Labute approximate surface area is 301 Å². The summed E-state index contributed by atoms with van der Waals surface area (Å²) in [7, 11) is 0. The second kappa shape index (κ2) is 13.5. The molecule has 0 radical (unpaired) electrons. The number of thiophene rings is 2. The Morgan fingerprint density at radius 1 is 0.692 bits per heavy atom. The predicted molar refractivity (Wildman–Crippen MR) is 197 cm³/mol. The number of carbonyl (C=O) groups excluding carboxylic acids is 2. The van der Waals surface area contributed by atoms with Crippen molar-refractivity contribution in [3.8, 4) is 27.2 Å². The van der Waals surface area contributed by atoms with Gasteiger partial charge >= 0.3 is 6.18 Å². The fourth-order valence-corrected chi connectivity index (χ4v) is 7.04. The third-order valence-electron chi connectivity index (χ3n) is 8.08. The minimum atomic E-state index is -4.55. The molecule has 9 nitrogen and oxygen atoms in total. The zero-order chi connectivity index (χ0) is 35.8. The number of alkyl halides is 3. The number of carbonyl (C=O) groups is 2. The molecule has 0 atom stereocenters. The molecule has 258 valence electrons. The predicted octanol–water partition coefficient (Wildman–Crippen LogP) is 10.00. The Balaban J connectivity index is 0.897. The highest BCUT2D eigenvalue weighted by Crippen LogP contribution is 2.31. The summed E-state index contributed by atoms with van der Waals surface area (Å²) in [5.74, 6) is 0.992. The summed E-state index contributed by atoms with van der Waals surface area (Å²) in [6.45, 7) is 0.260. The summed E-state index contributed by atoms with van der Waals surface area (Å²) in [5, 5.41) is 9.54. The van der Waals surface area contributed by atoms with Crippen molar-refractivity contribution in [2.45, 2.75) is 12.8 Å². The Kier molecular flexibility index (Phi) is 8.53. The van der Waals surface area contributed by atoms with Crippen LogP contribution < -0.4 is 15.4 Å². The number of hydrogen-bond donors (Lipinski definition) is 4. The van der Waals surface area contributed by atoms with Crippen LogP contribution in [0.4, 0.5) is 24.5 Å². The second-order valence-corrected chi connectivity index (χ2v) is 13.6. The van der Waals surface area contributed by atoms with Gasteiger partial charge in [0.15, 0.2) is 0 Å². The smallest absolute Gasteiger partial charge is 0.416 e. The molecule has 2 amide bonds. The number of imidazole rings is 2. The zero-order valence-electron chi connectivity index (χ0n) is 26.7. The SMILES string of the molecule is O=C(Nc1ccc2[nH]c(-c3cccs3)nc2c1)c1cccc(OCc2csc(-c3nc4cc(NC(=O)c5cccc(C(F)(F)F)c5)ccc4[nH]3)c2)c1. The van der Waals surface area contributed by atoms with Crippen molar-refractivity contribution in [2.75, 3.05) is 10.6 Å². The molecular weight excluding hydrogens is 710 g/mol. The molecule has 4 aromatic heterocycles. The first-order valence-electron chi connectivity index (χ1n) is 15.8. The maximum Gasteiger partial charge on any atom is 0.416 e. The summed E-state index contributed by atoms with van der Waals surface area (Å²) in [6, 6.07) is 27.7. The number of aromatic amines is 2. The van der Waals surface area contributed by atoms with E-state index >= 15 is 0 Å². The summed E-state index contributed by atoms with van der Waals surface area (Å²) < 4.78 is 45.3. The van der Waals surface area contributed by atoms with E-state index in [0.29, 0.717) is 34.0 Å². The minimum Gasteiger partial charge on any atom is -0.489 e. The number of amides is 2. The summed E-state index contributed by atoms with van der Waals surface area (Å²) >= 11 is 3.07. The summed E-state index contributed by atoms with van der Waals surface area (Å²) in [4.78, 5) is 43.6. The fraction of sp³-hybridized carbons (Fsp3) is 0.0526. The molecule has 4 N–H and O–H groups in total. The number of nitrogens with one attached hydrogen (secondary N) is 4. The molecule has 4 heterocycles. The summed E-state index contributed by atoms with van der Waals surface area (Å²) in [6.07, 6.45) is -4.55. The molecule has 8 aromatic rings. The van der Waals surface area contributed by atoms with Gasteiger partial charge in [-0.15, -0.1) is 22.7 Å². The molecule has 0 unspecified atom stereocenters. The van der Waals surface area contributed by atoms with Crippen LogP contribution in [0.15, 0.2) is 114 Å². The number of aromatic nitrogens is 4. The molecule has 0 bridgehead atoms. The van der Waals surface area contributed by atoms with Gasteiger partial charge < -0.3 is 25.3 Å². The van der Waals surface area contributed by atoms with Crippen LogP contribution in [0.5, 0.6) is 5.75 Å². The average molecular weight is 735 g/mol. The van der Waals surface area contributed by atoms with Crippen LogP contribution in [0.1, 0.15) is 31.8 Å². The van der Waals surface area contributed by atoms with Gasteiger partial charge in [0.2, 0.25) is 0 Å². The first kappa shape index (κ1) is 32.9. The highest BCUT2D eigenvalue weighted by atomic mass is 32.1. The molecule has 0 saturated heterocycles. The van der Waals surface area contributed by atoms with E-state index in [-0.39, 0.29) is 18.1 Å². The molecule has 0 fully saturated rings. The third kappa shape index (κ3) is 7.02. The molecular formula is C38H25F3N6O3S2. The number of rotatable bonds is 9. The lowest BCUT2D eigenvalue weighted by Crippen LogP contribution is -2.13. The first-order chi connectivity index (χ1) is 25.1. The van der Waals surface area contributed by atoms with Crippen LogP contribution in [-0.4, -0.2) is 31.8 Å². The Morgan fingerprint density at radius 3 is 1.96 bits per heavy atom. The standard InChI is InChI=1S/C38H25F3N6O3S2/c39-38(40,41)24-6-1-4-22(15-24)36(48)42-25-10-12-29-31(18-25)47-35(45-29)33-14-21(20-52-33)19-50-27-7-2-5-23(16-27)37(49)43-26-9-11-28-30(17-26)46-34(44-28)32-8-3-13-51-32/h1-18,20H,19H2,(H,42,48)(H,43,49)(H,44,46)(H,45,47). The van der Waals surface area contributed by atoms with Crippen LogP contribution in [-0.2, 0) is 12.8 Å². The van der Waals surface area contributed by atoms with E-state index < -0.39 is 17.6 Å². The number of nitrogens with zero attached hydrogens (tertiary/aromatic N) is 2. The Bertz CT molecular complexity index is 2590. The van der Waals surface area contributed by atoms with Gasteiger partial charge in [0.1, 0.15) is 24.0 Å². The van der Waals surface area contributed by atoms with Crippen LogP contribution in [0.25, 0.3) is 43.5 Å². The molecule has 8 rings (SSSR count). The average Bonchev–Trinajstić information content (AvgIpc) is 3.97. The maximum absolute atomic E-state index is 13.1. The van der Waals surface area contributed by atoms with Gasteiger partial charge in [-0.1, -0.05) is 18.2 Å². The maximum atomic E-state index is 13.1. The van der Waals surface area contributed by atoms with Crippen molar-refractivity contribution in [1.82, 2.24) is 19.9 Å². The third-order valence-corrected chi connectivity index (χ3v) is 9.94. The van der Waals surface area contributed by atoms with Gasteiger partial charge in [-0.25, -0.2) is 9.97 Å². The lowest BCUT2D eigenvalue weighted by Gasteiger charge is -2.09. The normalized spacial score (nSPS) is 11.6. The van der Waals surface area contributed by atoms with Gasteiger partial charge in [-0.3, -0.25) is 9.59 Å². The van der Waals surface area contributed by atoms with E-state index in [0.717, 1.165) is 49.8 Å². The van der Waals surface area contributed by atoms with Crippen molar-refractivity contribution in [2.24, 2.45) is 0 Å². The van der Waals surface area contributed by atoms with Crippen LogP contribution in [0.2, 0.25) is 0 Å². The highest BCUT2D eigenvalue weighted by Gasteiger charge is 2.31. The van der Waals surface area contributed by atoms with Crippen molar-refractivity contribution in [1.29, 1.82) is 0 Å². The van der Waals surface area contributed by atoms with E-state index in [1.807, 2.05) is 47.2 Å². The van der Waals surface area contributed by atoms with E-state index in [1.165, 1.54) is 23.5 Å². The Morgan fingerprint density at radius 2 is 1.33 bits per heavy atom. The van der Waals surface area contributed by atoms with E-state index in [1.54, 1.807) is 53.8 Å². The zero-order valence-corrected chi connectivity index (χ0v) is 28.4. The largest absolute Gasteiger partial charge is 0.489 e. The van der Waals surface area contributed by atoms with Crippen molar-refractivity contribution in [3.05, 3.63) is 136 Å². The number of benzene rings is 4. The molecule has 0 aliphatic carbocycles. The minimum absolute atomic E-state index is 0.104. The quantitative estimate of drug-likeness (QED) is 0.118. The molecule has 0 spiro atoms. The number of ether oxygens (including phenoxy) is 1. The monoisotopic (exact) mass is 734 g/mol. The number of halogens is 3. The molecule has 52 heavy (non-hydrogen) atoms. The van der Waals surface area contributed by atoms with Gasteiger partial charge in [-0.05, 0) is 95.7 Å². The van der Waals surface area contributed by atoms with E-state index in [9.17, 15) is 22.8 Å². The number of fused-ring (bicyclic) bond motifs is 2. The van der Waals surface area contributed by atoms with Crippen LogP contribution in [0, 0.1) is 0 Å². The lowest BCUT2D eigenvalue weighted by molar-refractivity contribution is -0.137. The van der Waals surface area contributed by atoms with Crippen molar-refractivity contribution >= 4 is 67.9 Å². The van der Waals surface area contributed by atoms with E-state index in [4.69, 9.17) is 4.74 Å². The summed E-state index contributed by atoms with van der Waals surface area (Å²) in [5.41, 5.74) is 4.29. The number of hydrogen-bond acceptors (Lipinski definition) is 7. The molecule has 14 heteroatoms. The van der Waals surface area contributed by atoms with Crippen LogP contribution >= 0.6 is 22.7 Å². The number of H-pyrrole nitrogens is 2. The van der Waals surface area contributed by atoms with Gasteiger partial charge in [0.25, 0.3) is 11.8 Å².